The van der Waals surface area contributed by atoms with Crippen LogP contribution in [-0.4, -0.2) is 22.8 Å². The van der Waals surface area contributed by atoms with Crippen molar-refractivity contribution >= 4 is 34.6 Å². The summed E-state index contributed by atoms with van der Waals surface area (Å²) >= 11 is 0. The first-order valence-electron chi connectivity index (χ1n) is 10.3. The van der Waals surface area contributed by atoms with Crippen LogP contribution in [0.4, 0.5) is 22.7 Å². The largest absolute Gasteiger partial charge is 0.368 e. The van der Waals surface area contributed by atoms with Crippen molar-refractivity contribution in [1.29, 1.82) is 0 Å². The lowest BCUT2D eigenvalue weighted by molar-refractivity contribution is -0.384. The van der Waals surface area contributed by atoms with Crippen LogP contribution in [0.2, 0.25) is 0 Å². The zero-order chi connectivity index (χ0) is 22.5. The third kappa shape index (κ3) is 4.92. The van der Waals surface area contributed by atoms with Gasteiger partial charge in [-0.05, 0) is 35.7 Å². The molecular formula is C24H22N4O4. The van der Waals surface area contributed by atoms with E-state index in [1.165, 1.54) is 12.1 Å². The average molecular weight is 430 g/mol. The predicted octanol–water partition coefficient (Wildman–Crippen LogP) is 4.14. The molecule has 1 aliphatic rings. The quantitative estimate of drug-likeness (QED) is 0.385. The van der Waals surface area contributed by atoms with E-state index in [-0.39, 0.29) is 29.6 Å². The van der Waals surface area contributed by atoms with Crippen molar-refractivity contribution < 1.29 is 14.5 Å². The zero-order valence-electron chi connectivity index (χ0n) is 17.2. The van der Waals surface area contributed by atoms with Gasteiger partial charge in [0.1, 0.15) is 11.7 Å². The number of hydrogen-bond donors (Lipinski definition) is 3. The number of rotatable bonds is 7. The van der Waals surface area contributed by atoms with Crippen LogP contribution in [0.5, 0.6) is 0 Å². The summed E-state index contributed by atoms with van der Waals surface area (Å²) in [6.07, 6.45) is 1.04. The molecule has 0 saturated carbocycles. The zero-order valence-corrected chi connectivity index (χ0v) is 17.2. The molecule has 8 nitrogen and oxygen atoms in total. The number of benzene rings is 3. The number of anilines is 3. The van der Waals surface area contributed by atoms with Crippen molar-refractivity contribution in [2.45, 2.75) is 25.3 Å². The first-order chi connectivity index (χ1) is 15.5. The molecule has 32 heavy (non-hydrogen) atoms. The van der Waals surface area contributed by atoms with E-state index in [0.29, 0.717) is 29.8 Å². The number of hydrogen-bond acceptors (Lipinski definition) is 5. The lowest BCUT2D eigenvalue weighted by Gasteiger charge is -2.22. The van der Waals surface area contributed by atoms with E-state index in [4.69, 9.17) is 0 Å². The normalized spacial score (nSPS) is 13.4. The molecule has 1 aliphatic heterocycles. The third-order valence-corrected chi connectivity index (χ3v) is 5.28. The molecule has 3 N–H and O–H groups in total. The van der Waals surface area contributed by atoms with Crippen molar-refractivity contribution in [1.82, 2.24) is 0 Å². The van der Waals surface area contributed by atoms with Gasteiger partial charge in [-0.15, -0.1) is 0 Å². The number of aryl methyl sites for hydroxylation is 1. The molecule has 3 aromatic carbocycles. The molecule has 4 rings (SSSR count). The fraction of sp³-hybridized carbons (Fsp3) is 0.167. The number of nitro groups is 1. The number of carbonyl (C=O) groups excluding carboxylic acids is 2. The molecule has 162 valence electrons. The van der Waals surface area contributed by atoms with Gasteiger partial charge in [-0.1, -0.05) is 48.5 Å². The Kier molecular flexibility index (Phi) is 6.12. The van der Waals surface area contributed by atoms with E-state index in [1.54, 1.807) is 12.1 Å². The van der Waals surface area contributed by atoms with Gasteiger partial charge in [0.05, 0.1) is 4.92 Å². The monoisotopic (exact) mass is 430 g/mol. The summed E-state index contributed by atoms with van der Waals surface area (Å²) in [6.45, 7) is 0. The molecule has 1 heterocycles. The van der Waals surface area contributed by atoms with Gasteiger partial charge in [-0.2, -0.15) is 0 Å². The molecule has 2 amide bonds. The Morgan fingerprint density at radius 1 is 1.03 bits per heavy atom. The number of amides is 2. The highest BCUT2D eigenvalue weighted by Gasteiger charge is 2.26. The van der Waals surface area contributed by atoms with E-state index in [1.807, 2.05) is 48.5 Å². The molecule has 0 radical (unpaired) electrons. The summed E-state index contributed by atoms with van der Waals surface area (Å²) < 4.78 is 0. The predicted molar refractivity (Wildman–Crippen MR) is 123 cm³/mol. The van der Waals surface area contributed by atoms with Crippen LogP contribution >= 0.6 is 0 Å². The Balaban J connectivity index is 1.66. The summed E-state index contributed by atoms with van der Waals surface area (Å²) in [6, 6.07) is 20.7. The minimum atomic E-state index is -0.784. The van der Waals surface area contributed by atoms with Gasteiger partial charge in [0.2, 0.25) is 11.8 Å². The van der Waals surface area contributed by atoms with Crippen LogP contribution in [-0.2, 0) is 22.4 Å². The minimum absolute atomic E-state index is 0.134. The van der Waals surface area contributed by atoms with Crippen LogP contribution in [0.1, 0.15) is 17.5 Å². The van der Waals surface area contributed by atoms with Crippen LogP contribution in [0, 0.1) is 10.1 Å². The number of nitro benzene ring substituents is 1. The summed E-state index contributed by atoms with van der Waals surface area (Å²) in [5, 5.41) is 20.4. The Hall–Kier alpha value is -4.20. The van der Waals surface area contributed by atoms with E-state index < -0.39 is 11.0 Å². The Labute approximate surface area is 184 Å². The van der Waals surface area contributed by atoms with Gasteiger partial charge in [0.15, 0.2) is 0 Å². The third-order valence-electron chi connectivity index (χ3n) is 5.28. The molecule has 0 fully saturated rings. The summed E-state index contributed by atoms with van der Waals surface area (Å²) in [7, 11) is 0. The van der Waals surface area contributed by atoms with Gasteiger partial charge in [0.25, 0.3) is 5.69 Å². The number of fused-ring (bicyclic) bond motifs is 1. The van der Waals surface area contributed by atoms with E-state index in [9.17, 15) is 19.7 Å². The highest BCUT2D eigenvalue weighted by atomic mass is 16.6. The van der Waals surface area contributed by atoms with Crippen LogP contribution in [0.3, 0.4) is 0 Å². The van der Waals surface area contributed by atoms with Gasteiger partial charge < -0.3 is 16.0 Å². The maximum absolute atomic E-state index is 13.1. The summed E-state index contributed by atoms with van der Waals surface area (Å²) in [5.41, 5.74) is 2.81. The lowest BCUT2D eigenvalue weighted by atomic mass is 10.00. The van der Waals surface area contributed by atoms with Gasteiger partial charge in [-0.3, -0.25) is 19.7 Å². The molecule has 0 aliphatic carbocycles. The molecule has 3 aromatic rings. The standard InChI is InChI=1S/C24H22N4O4/c29-23-12-11-17-14-22(28(31)32)20(15-19(17)27-23)26-21(13-16-7-3-1-4-8-16)24(30)25-18-9-5-2-6-10-18/h1-10,14-15,21,26H,11-13H2,(H,25,30)(H,27,29)/t21-/m1/s1. The van der Waals surface area contributed by atoms with Crippen LogP contribution < -0.4 is 16.0 Å². The van der Waals surface area contributed by atoms with Crippen LogP contribution in [0.25, 0.3) is 0 Å². The van der Waals surface area contributed by atoms with Gasteiger partial charge >= 0.3 is 0 Å². The minimum Gasteiger partial charge on any atom is -0.368 e. The second kappa shape index (κ2) is 9.30. The smallest absolute Gasteiger partial charge is 0.292 e. The van der Waals surface area contributed by atoms with Gasteiger partial charge in [-0.25, -0.2) is 0 Å². The van der Waals surface area contributed by atoms with Crippen molar-refractivity contribution in [2.24, 2.45) is 0 Å². The maximum atomic E-state index is 13.1. The van der Waals surface area contributed by atoms with Crippen molar-refractivity contribution in [3.05, 3.63) is 94.0 Å². The number of carbonyl (C=O) groups is 2. The molecular weight excluding hydrogens is 408 g/mol. The van der Waals surface area contributed by atoms with Crippen molar-refractivity contribution in [2.75, 3.05) is 16.0 Å². The second-order valence-corrected chi connectivity index (χ2v) is 7.57. The molecule has 0 spiro atoms. The maximum Gasteiger partial charge on any atom is 0.292 e. The Morgan fingerprint density at radius 3 is 2.41 bits per heavy atom. The van der Waals surface area contributed by atoms with Crippen molar-refractivity contribution in [3.8, 4) is 0 Å². The second-order valence-electron chi connectivity index (χ2n) is 7.57. The summed E-state index contributed by atoms with van der Waals surface area (Å²) in [5.74, 6) is -0.462. The topological polar surface area (TPSA) is 113 Å². The first kappa shape index (κ1) is 21.0. The van der Waals surface area contributed by atoms with E-state index >= 15 is 0 Å². The van der Waals surface area contributed by atoms with Crippen LogP contribution in [0.15, 0.2) is 72.8 Å². The highest BCUT2D eigenvalue weighted by molar-refractivity contribution is 5.98. The SMILES string of the molecule is O=C1CCc2cc([N+](=O)[O-])c(N[C@H](Cc3ccccc3)C(=O)Nc3ccccc3)cc2N1. The van der Waals surface area contributed by atoms with E-state index in [2.05, 4.69) is 16.0 Å². The number of nitrogens with one attached hydrogen (secondary N) is 3. The highest BCUT2D eigenvalue weighted by Crippen LogP contribution is 2.34. The Morgan fingerprint density at radius 2 is 1.72 bits per heavy atom. The molecule has 0 bridgehead atoms. The summed E-state index contributed by atoms with van der Waals surface area (Å²) in [4.78, 5) is 36.2. The molecule has 0 unspecified atom stereocenters. The molecule has 0 aromatic heterocycles. The fourth-order valence-corrected chi connectivity index (χ4v) is 3.68. The first-order valence-corrected chi connectivity index (χ1v) is 10.3. The fourth-order valence-electron chi connectivity index (χ4n) is 3.68. The molecule has 1 atom stereocenters. The number of para-hydroxylation sites is 1. The van der Waals surface area contributed by atoms with E-state index in [0.717, 1.165) is 5.56 Å². The molecule has 0 saturated heterocycles. The average Bonchev–Trinajstić information content (AvgIpc) is 2.79. The lowest BCUT2D eigenvalue weighted by Crippen LogP contribution is -2.37. The number of nitrogens with zero attached hydrogens (tertiary/aromatic N) is 1. The molecule has 8 heteroatoms. The van der Waals surface area contributed by atoms with Crippen molar-refractivity contribution in [3.63, 3.8) is 0 Å². The van der Waals surface area contributed by atoms with Gasteiger partial charge in [0, 0.05) is 30.3 Å². The Bertz CT molecular complexity index is 1150.